The number of ether oxygens (including phenoxy) is 2. The fourth-order valence-corrected chi connectivity index (χ4v) is 4.91. The molecule has 0 aliphatic carbocycles. The van der Waals surface area contributed by atoms with Gasteiger partial charge < -0.3 is 9.47 Å². The lowest BCUT2D eigenvalue weighted by Gasteiger charge is -2.27. The van der Waals surface area contributed by atoms with Gasteiger partial charge in [-0.2, -0.15) is 0 Å². The molecule has 38 heavy (non-hydrogen) atoms. The first kappa shape index (κ1) is 23.1. The number of hydrogen-bond acceptors (Lipinski definition) is 7. The summed E-state index contributed by atoms with van der Waals surface area (Å²) in [5.74, 6) is -1.64. The molecule has 0 saturated heterocycles. The molecule has 0 fully saturated rings. The smallest absolute Gasteiger partial charge is 0.308 e. The van der Waals surface area contributed by atoms with Gasteiger partial charge in [-0.3, -0.25) is 28.9 Å². The molecule has 9 heteroatoms. The Bertz CT molecular complexity index is 1700. The van der Waals surface area contributed by atoms with Crippen LogP contribution in [0.15, 0.2) is 72.8 Å². The summed E-state index contributed by atoms with van der Waals surface area (Å²) >= 11 is 0. The Hall–Kier alpha value is -5.31. The monoisotopic (exact) mass is 506 g/mol. The van der Waals surface area contributed by atoms with Crippen molar-refractivity contribution < 1.29 is 33.4 Å². The molecule has 6 rings (SSSR count). The van der Waals surface area contributed by atoms with Crippen molar-refractivity contribution in [1.82, 2.24) is 0 Å². The Morgan fingerprint density at radius 2 is 0.921 bits per heavy atom. The minimum absolute atomic E-state index is 0.292. The molecule has 4 aromatic carbocycles. The summed E-state index contributed by atoms with van der Waals surface area (Å²) in [5.41, 5.74) is 2.38. The molecule has 0 N–H and O–H groups in total. The highest BCUT2D eigenvalue weighted by atomic mass is 16.5. The van der Waals surface area contributed by atoms with Crippen LogP contribution in [0.1, 0.15) is 44.9 Å². The largest absolute Gasteiger partial charge is 0.427 e. The molecule has 2 aliphatic rings. The number of rotatable bonds is 4. The predicted molar refractivity (Wildman–Crippen MR) is 137 cm³/mol. The summed E-state index contributed by atoms with van der Waals surface area (Å²) in [6.45, 7) is 2.58. The average Bonchev–Trinajstić information content (AvgIpc) is 3.17. The minimum atomic E-state index is -0.525. The van der Waals surface area contributed by atoms with Crippen molar-refractivity contribution >= 4 is 57.5 Å². The van der Waals surface area contributed by atoms with E-state index in [0.29, 0.717) is 56.0 Å². The van der Waals surface area contributed by atoms with Gasteiger partial charge in [0.25, 0.3) is 17.7 Å². The SMILES string of the molecule is CC(=O)Oc1ccc(N2C(=O)c3ccc4c5c(ccc(c35)C2=O)N(c2ccc(OC(C)=O)cc2)C4=O)cc1. The normalized spacial score (nSPS) is 13.8. The first-order valence-corrected chi connectivity index (χ1v) is 11.6. The molecule has 0 aromatic heterocycles. The number of hydrogen-bond donors (Lipinski definition) is 0. The van der Waals surface area contributed by atoms with Gasteiger partial charge in [0.15, 0.2) is 0 Å². The molecular formula is C29H18N2O7. The van der Waals surface area contributed by atoms with Gasteiger partial charge in [-0.1, -0.05) is 0 Å². The van der Waals surface area contributed by atoms with Gasteiger partial charge in [-0.05, 0) is 72.8 Å². The third kappa shape index (κ3) is 3.44. The summed E-state index contributed by atoms with van der Waals surface area (Å²) in [7, 11) is 0. The third-order valence-corrected chi connectivity index (χ3v) is 6.39. The Labute approximate surface area is 215 Å². The third-order valence-electron chi connectivity index (χ3n) is 6.39. The quantitative estimate of drug-likeness (QED) is 0.222. The second-order valence-corrected chi connectivity index (χ2v) is 8.80. The Balaban J connectivity index is 1.43. The minimum Gasteiger partial charge on any atom is -0.427 e. The van der Waals surface area contributed by atoms with Gasteiger partial charge >= 0.3 is 11.9 Å². The molecule has 9 nitrogen and oxygen atoms in total. The van der Waals surface area contributed by atoms with E-state index in [0.717, 1.165) is 4.90 Å². The van der Waals surface area contributed by atoms with E-state index in [4.69, 9.17) is 9.47 Å². The maximum Gasteiger partial charge on any atom is 0.308 e. The zero-order valence-electron chi connectivity index (χ0n) is 20.2. The highest BCUT2D eigenvalue weighted by molar-refractivity contribution is 6.40. The number of amides is 3. The van der Waals surface area contributed by atoms with Crippen LogP contribution >= 0.6 is 0 Å². The lowest BCUT2D eigenvalue weighted by molar-refractivity contribution is -0.132. The van der Waals surface area contributed by atoms with Crippen LogP contribution in [0, 0.1) is 0 Å². The topological polar surface area (TPSA) is 110 Å². The van der Waals surface area contributed by atoms with E-state index in [-0.39, 0.29) is 5.91 Å². The van der Waals surface area contributed by atoms with E-state index in [1.54, 1.807) is 48.5 Å². The number of imide groups is 1. The first-order valence-electron chi connectivity index (χ1n) is 11.6. The van der Waals surface area contributed by atoms with Crippen LogP contribution in [0.5, 0.6) is 11.5 Å². The summed E-state index contributed by atoms with van der Waals surface area (Å²) in [6.07, 6.45) is 0. The summed E-state index contributed by atoms with van der Waals surface area (Å²) in [6, 6.07) is 19.0. The van der Waals surface area contributed by atoms with Crippen LogP contribution in [0.25, 0.3) is 10.8 Å². The number of anilines is 3. The van der Waals surface area contributed by atoms with E-state index in [1.165, 1.54) is 43.0 Å². The average molecular weight is 506 g/mol. The highest BCUT2D eigenvalue weighted by Gasteiger charge is 2.39. The summed E-state index contributed by atoms with van der Waals surface area (Å²) < 4.78 is 10.1. The van der Waals surface area contributed by atoms with Crippen LogP contribution in [0.2, 0.25) is 0 Å². The molecule has 2 aliphatic heterocycles. The van der Waals surface area contributed by atoms with E-state index in [9.17, 15) is 24.0 Å². The zero-order chi connectivity index (χ0) is 26.7. The summed E-state index contributed by atoms with van der Waals surface area (Å²) in [5, 5.41) is 0.954. The van der Waals surface area contributed by atoms with Gasteiger partial charge in [0.1, 0.15) is 11.5 Å². The predicted octanol–water partition coefficient (Wildman–Crippen LogP) is 4.78. The van der Waals surface area contributed by atoms with Crippen LogP contribution in [0.3, 0.4) is 0 Å². The van der Waals surface area contributed by atoms with Crippen molar-refractivity contribution in [3.63, 3.8) is 0 Å². The highest BCUT2D eigenvalue weighted by Crippen LogP contribution is 2.46. The summed E-state index contributed by atoms with van der Waals surface area (Å²) in [4.78, 5) is 65.6. The van der Waals surface area contributed by atoms with Crippen molar-refractivity contribution in [2.24, 2.45) is 0 Å². The Morgan fingerprint density at radius 1 is 0.526 bits per heavy atom. The van der Waals surface area contributed by atoms with Crippen LogP contribution < -0.4 is 19.3 Å². The van der Waals surface area contributed by atoms with E-state index in [2.05, 4.69) is 0 Å². The first-order chi connectivity index (χ1) is 18.2. The van der Waals surface area contributed by atoms with E-state index in [1.807, 2.05) is 0 Å². The van der Waals surface area contributed by atoms with Crippen molar-refractivity contribution in [2.75, 3.05) is 9.80 Å². The number of esters is 2. The molecule has 0 unspecified atom stereocenters. The van der Waals surface area contributed by atoms with Gasteiger partial charge in [-0.25, -0.2) is 4.90 Å². The Morgan fingerprint density at radius 3 is 1.39 bits per heavy atom. The fraction of sp³-hybridized carbons (Fsp3) is 0.0690. The molecule has 0 spiro atoms. The number of carbonyl (C=O) groups excluding carboxylic acids is 5. The molecule has 186 valence electrons. The lowest BCUT2D eigenvalue weighted by Crippen LogP contribution is -2.40. The van der Waals surface area contributed by atoms with E-state index < -0.39 is 23.8 Å². The molecule has 3 amide bonds. The molecule has 0 radical (unpaired) electrons. The zero-order valence-corrected chi connectivity index (χ0v) is 20.2. The second kappa shape index (κ2) is 8.38. The van der Waals surface area contributed by atoms with E-state index >= 15 is 0 Å². The van der Waals surface area contributed by atoms with Crippen molar-refractivity contribution in [1.29, 1.82) is 0 Å². The molecule has 2 heterocycles. The molecule has 0 atom stereocenters. The van der Waals surface area contributed by atoms with Crippen molar-refractivity contribution in [2.45, 2.75) is 13.8 Å². The van der Waals surface area contributed by atoms with Crippen molar-refractivity contribution in [3.8, 4) is 11.5 Å². The number of carbonyl (C=O) groups is 5. The standard InChI is InChI=1S/C29H18N2O7/c1-15(32)37-19-7-3-17(4-8-19)30-24-14-13-22-25-21(11-12-23(26(24)25)27(30)34)28(35)31(29(22)36)18-5-9-20(10-6-18)38-16(2)33/h3-14H,1-2H3. The molecule has 4 aromatic rings. The van der Waals surface area contributed by atoms with Crippen LogP contribution in [-0.2, 0) is 9.59 Å². The van der Waals surface area contributed by atoms with Gasteiger partial charge in [-0.15, -0.1) is 0 Å². The molecular weight excluding hydrogens is 488 g/mol. The van der Waals surface area contributed by atoms with Gasteiger partial charge in [0.2, 0.25) is 0 Å². The second-order valence-electron chi connectivity index (χ2n) is 8.80. The number of benzene rings is 4. The Kier molecular flexibility index (Phi) is 5.09. The fourth-order valence-electron chi connectivity index (χ4n) is 4.91. The van der Waals surface area contributed by atoms with Crippen LogP contribution in [0.4, 0.5) is 17.1 Å². The van der Waals surface area contributed by atoms with Gasteiger partial charge in [0, 0.05) is 41.4 Å². The maximum absolute atomic E-state index is 13.6. The number of nitrogens with zero attached hydrogens (tertiary/aromatic N) is 2. The van der Waals surface area contributed by atoms with Crippen molar-refractivity contribution in [3.05, 3.63) is 89.5 Å². The maximum atomic E-state index is 13.6. The molecule has 0 bridgehead atoms. The van der Waals surface area contributed by atoms with Gasteiger partial charge in [0.05, 0.1) is 16.9 Å². The lowest BCUT2D eigenvalue weighted by atomic mass is 9.91. The molecule has 0 saturated carbocycles. The van der Waals surface area contributed by atoms with Crippen LogP contribution in [-0.4, -0.2) is 29.7 Å².